The molecule has 0 aliphatic heterocycles. The van der Waals surface area contributed by atoms with Crippen molar-refractivity contribution in [1.29, 1.82) is 0 Å². The van der Waals surface area contributed by atoms with Crippen molar-refractivity contribution >= 4 is 39.0 Å². The number of carbonyl (C=O) groups excluding carboxylic acids is 1. The second kappa shape index (κ2) is 9.03. The van der Waals surface area contributed by atoms with Crippen LogP contribution < -0.4 is 16.0 Å². The number of nitrogens with zero attached hydrogens (tertiary/aromatic N) is 4. The zero-order valence-electron chi connectivity index (χ0n) is 18.4. The number of aryl methyl sites for hydroxylation is 2. The zero-order valence-corrected chi connectivity index (χ0v) is 20.0. The summed E-state index contributed by atoms with van der Waals surface area (Å²) in [6.07, 6.45) is 1.67. The van der Waals surface area contributed by atoms with Crippen molar-refractivity contribution in [2.75, 3.05) is 6.61 Å². The maximum atomic E-state index is 13.0. The lowest BCUT2D eigenvalue weighted by Gasteiger charge is -2.11. The van der Waals surface area contributed by atoms with Crippen LogP contribution in [0.25, 0.3) is 16.6 Å². The van der Waals surface area contributed by atoms with E-state index in [0.717, 1.165) is 27.1 Å². The molecule has 0 radical (unpaired) electrons. The molecule has 168 valence electrons. The van der Waals surface area contributed by atoms with Gasteiger partial charge in [0.1, 0.15) is 11.6 Å². The molecule has 2 aromatic heterocycles. The molecule has 0 saturated carbocycles. The lowest BCUT2D eigenvalue weighted by Crippen LogP contribution is -2.20. The Labute approximate surface area is 198 Å². The van der Waals surface area contributed by atoms with Crippen molar-refractivity contribution in [2.24, 2.45) is 10.8 Å². The molecule has 9 heteroatoms. The van der Waals surface area contributed by atoms with Gasteiger partial charge in [0.25, 0.3) is 11.5 Å². The summed E-state index contributed by atoms with van der Waals surface area (Å²) in [4.78, 5) is 28.4. The van der Waals surface area contributed by atoms with E-state index in [4.69, 9.17) is 10.5 Å². The molecule has 2 N–H and O–H groups in total. The predicted octanol–water partition coefficient (Wildman–Crippen LogP) is 3.62. The molecule has 0 fully saturated rings. The van der Waals surface area contributed by atoms with E-state index >= 15 is 0 Å². The third kappa shape index (κ3) is 4.58. The molecule has 0 atom stereocenters. The van der Waals surface area contributed by atoms with Crippen LogP contribution >= 0.6 is 15.9 Å². The van der Waals surface area contributed by atoms with E-state index in [-0.39, 0.29) is 12.2 Å². The summed E-state index contributed by atoms with van der Waals surface area (Å²) >= 11 is 3.40. The number of rotatable bonds is 6. The molecule has 0 aliphatic carbocycles. The second-order valence-corrected chi connectivity index (χ2v) is 8.51. The minimum absolute atomic E-state index is 0.166. The summed E-state index contributed by atoms with van der Waals surface area (Å²) in [5.74, 6) is 0.544. The van der Waals surface area contributed by atoms with Gasteiger partial charge in [-0.3, -0.25) is 9.59 Å². The summed E-state index contributed by atoms with van der Waals surface area (Å²) in [5, 5.41) is 4.94. The van der Waals surface area contributed by atoms with Gasteiger partial charge in [0.15, 0.2) is 6.61 Å². The Hall–Kier alpha value is -3.72. The van der Waals surface area contributed by atoms with Crippen molar-refractivity contribution in [3.63, 3.8) is 0 Å². The largest absolute Gasteiger partial charge is 0.484 e. The normalized spacial score (nSPS) is 11.4. The van der Waals surface area contributed by atoms with E-state index in [1.54, 1.807) is 37.4 Å². The highest BCUT2D eigenvalue weighted by Gasteiger charge is 2.11. The Bertz CT molecular complexity index is 1450. The minimum Gasteiger partial charge on any atom is -0.484 e. The molecule has 0 saturated heterocycles. The van der Waals surface area contributed by atoms with Gasteiger partial charge in [-0.05, 0) is 69.3 Å². The zero-order chi connectivity index (χ0) is 23.7. The van der Waals surface area contributed by atoms with Crippen LogP contribution in [0.3, 0.4) is 0 Å². The van der Waals surface area contributed by atoms with Gasteiger partial charge in [0, 0.05) is 27.1 Å². The topological polar surface area (TPSA) is 104 Å². The Morgan fingerprint density at radius 3 is 2.58 bits per heavy atom. The molecule has 0 spiro atoms. The van der Waals surface area contributed by atoms with Gasteiger partial charge in [-0.15, -0.1) is 0 Å². The van der Waals surface area contributed by atoms with Crippen LogP contribution in [-0.4, -0.2) is 33.0 Å². The third-order valence-electron chi connectivity index (χ3n) is 5.23. The highest BCUT2D eigenvalue weighted by molar-refractivity contribution is 9.10. The maximum Gasteiger partial charge on any atom is 0.282 e. The van der Waals surface area contributed by atoms with E-state index in [1.165, 1.54) is 4.68 Å². The van der Waals surface area contributed by atoms with E-state index in [0.29, 0.717) is 22.5 Å². The number of amides is 1. The lowest BCUT2D eigenvalue weighted by atomic mass is 10.2. The average Bonchev–Trinajstić information content (AvgIpc) is 3.06. The van der Waals surface area contributed by atoms with Crippen LogP contribution in [0.2, 0.25) is 0 Å². The molecular formula is C24H22BrN5O3. The lowest BCUT2D eigenvalue weighted by molar-refractivity contribution is -0.119. The van der Waals surface area contributed by atoms with Crippen molar-refractivity contribution in [1.82, 2.24) is 14.2 Å². The van der Waals surface area contributed by atoms with E-state index in [2.05, 4.69) is 30.6 Å². The first-order valence-electron chi connectivity index (χ1n) is 10.2. The number of aromatic nitrogens is 3. The van der Waals surface area contributed by atoms with E-state index < -0.39 is 5.91 Å². The summed E-state index contributed by atoms with van der Waals surface area (Å²) in [6, 6.07) is 14.8. The van der Waals surface area contributed by atoms with Crippen molar-refractivity contribution in [3.05, 3.63) is 86.1 Å². The Kier molecular flexibility index (Phi) is 6.15. The quantitative estimate of drug-likeness (QED) is 0.402. The van der Waals surface area contributed by atoms with Gasteiger partial charge in [-0.25, -0.2) is 4.98 Å². The van der Waals surface area contributed by atoms with Gasteiger partial charge in [0.05, 0.1) is 17.1 Å². The van der Waals surface area contributed by atoms with Gasteiger partial charge < -0.3 is 15.0 Å². The fourth-order valence-corrected chi connectivity index (χ4v) is 4.04. The summed E-state index contributed by atoms with van der Waals surface area (Å²) in [7, 11) is 0. The predicted molar refractivity (Wildman–Crippen MR) is 131 cm³/mol. The first-order chi connectivity index (χ1) is 15.7. The Balaban J connectivity index is 1.67. The molecule has 1 amide bonds. The molecule has 8 nitrogen and oxygen atoms in total. The highest BCUT2D eigenvalue weighted by atomic mass is 79.9. The average molecular weight is 508 g/mol. The molecule has 4 aromatic rings. The Morgan fingerprint density at radius 1 is 1.15 bits per heavy atom. The van der Waals surface area contributed by atoms with Gasteiger partial charge in [-0.2, -0.15) is 9.78 Å². The summed E-state index contributed by atoms with van der Waals surface area (Å²) in [6.45, 7) is 5.57. The number of benzene rings is 2. The van der Waals surface area contributed by atoms with Crippen molar-refractivity contribution < 1.29 is 9.53 Å². The molecule has 4 rings (SSSR count). The smallest absolute Gasteiger partial charge is 0.282 e. The van der Waals surface area contributed by atoms with E-state index in [9.17, 15) is 9.59 Å². The van der Waals surface area contributed by atoms with Crippen LogP contribution in [-0.2, 0) is 4.79 Å². The van der Waals surface area contributed by atoms with Crippen LogP contribution in [0.4, 0.5) is 0 Å². The molecule has 2 heterocycles. The number of primary amides is 1. The number of hydrogen-bond acceptors (Lipinski definition) is 5. The summed E-state index contributed by atoms with van der Waals surface area (Å²) < 4.78 is 9.52. The molecular weight excluding hydrogens is 486 g/mol. The third-order valence-corrected chi connectivity index (χ3v) is 5.72. The van der Waals surface area contributed by atoms with Crippen LogP contribution in [0.1, 0.15) is 22.8 Å². The van der Waals surface area contributed by atoms with Crippen LogP contribution in [0, 0.1) is 20.8 Å². The minimum atomic E-state index is -0.524. The summed E-state index contributed by atoms with van der Waals surface area (Å²) in [5.41, 5.74) is 9.30. The fourth-order valence-electron chi connectivity index (χ4n) is 3.68. The van der Waals surface area contributed by atoms with Gasteiger partial charge in [-0.1, -0.05) is 15.9 Å². The molecule has 0 unspecified atom stereocenters. The number of halogens is 1. The number of hydrogen-bond donors (Lipinski definition) is 1. The monoisotopic (exact) mass is 507 g/mol. The van der Waals surface area contributed by atoms with E-state index in [1.807, 2.05) is 38.1 Å². The maximum absolute atomic E-state index is 13.0. The van der Waals surface area contributed by atoms with Crippen LogP contribution in [0.15, 0.2) is 62.9 Å². The molecule has 33 heavy (non-hydrogen) atoms. The number of nitrogens with two attached hydrogens (primary N) is 1. The van der Waals surface area contributed by atoms with Crippen molar-refractivity contribution in [3.8, 4) is 11.4 Å². The highest BCUT2D eigenvalue weighted by Crippen LogP contribution is 2.22. The number of carbonyl (C=O) groups is 1. The van der Waals surface area contributed by atoms with Crippen molar-refractivity contribution in [2.45, 2.75) is 20.8 Å². The Morgan fingerprint density at radius 2 is 1.88 bits per heavy atom. The second-order valence-electron chi connectivity index (χ2n) is 7.59. The standard InChI is InChI=1S/C24H22BrN5O3/c1-14-10-17(15(2)29(14)19-5-7-20(8-6-19)33-13-23(26)31)12-27-30-16(3)28-22-9-4-18(25)11-21(22)24(30)32/h4-12H,13H2,1-3H3,(H2,26,31). The molecule has 0 bridgehead atoms. The van der Waals surface area contributed by atoms with Gasteiger partial charge >= 0.3 is 0 Å². The van der Waals surface area contributed by atoms with Gasteiger partial charge in [0.2, 0.25) is 0 Å². The number of fused-ring (bicyclic) bond motifs is 1. The first-order valence-corrected chi connectivity index (χ1v) is 11.0. The first kappa shape index (κ1) is 22.5. The SMILES string of the molecule is Cc1cc(C=Nn2c(C)nc3ccc(Br)cc3c2=O)c(C)n1-c1ccc(OCC(N)=O)cc1. The number of ether oxygens (including phenoxy) is 1. The fraction of sp³-hybridized carbons (Fsp3) is 0.167. The van der Waals surface area contributed by atoms with Crippen LogP contribution in [0.5, 0.6) is 5.75 Å². The molecule has 0 aliphatic rings. The molecule has 2 aromatic carbocycles.